The van der Waals surface area contributed by atoms with Crippen LogP contribution in [0.4, 0.5) is 0 Å². The number of rotatable bonds is 3. The molecule has 0 fully saturated rings. The Morgan fingerprint density at radius 3 is 2.31 bits per heavy atom. The second kappa shape index (κ2) is 4.56. The summed E-state index contributed by atoms with van der Waals surface area (Å²) in [5.41, 5.74) is 6.12. The summed E-state index contributed by atoms with van der Waals surface area (Å²) < 4.78 is 0. The standard InChI is InChI=1S/C8H12N4O/c9-11-5-6-1-3-7(4-2-6)8(13)12-10/h1-4,11H,5,9-10H2,(H,12,13). The summed E-state index contributed by atoms with van der Waals surface area (Å²) in [4.78, 5) is 11.0. The highest BCUT2D eigenvalue weighted by molar-refractivity contribution is 5.93. The lowest BCUT2D eigenvalue weighted by molar-refractivity contribution is 0.0953. The van der Waals surface area contributed by atoms with E-state index in [0.717, 1.165) is 5.56 Å². The minimum atomic E-state index is -0.299. The van der Waals surface area contributed by atoms with Crippen LogP contribution in [0.5, 0.6) is 0 Å². The van der Waals surface area contributed by atoms with Gasteiger partial charge in [-0.1, -0.05) is 12.1 Å². The van der Waals surface area contributed by atoms with Crippen LogP contribution < -0.4 is 22.5 Å². The van der Waals surface area contributed by atoms with Gasteiger partial charge in [0.15, 0.2) is 0 Å². The molecule has 0 saturated heterocycles. The van der Waals surface area contributed by atoms with E-state index in [4.69, 9.17) is 11.7 Å². The molecule has 0 heterocycles. The average molecular weight is 180 g/mol. The van der Waals surface area contributed by atoms with Crippen molar-refractivity contribution in [1.82, 2.24) is 10.9 Å². The molecule has 0 aliphatic heterocycles. The van der Waals surface area contributed by atoms with Gasteiger partial charge in [0.2, 0.25) is 0 Å². The lowest BCUT2D eigenvalue weighted by atomic mass is 10.1. The van der Waals surface area contributed by atoms with E-state index in [-0.39, 0.29) is 5.91 Å². The minimum absolute atomic E-state index is 0.299. The zero-order valence-electron chi connectivity index (χ0n) is 7.08. The molecular formula is C8H12N4O. The van der Waals surface area contributed by atoms with Gasteiger partial charge in [0.25, 0.3) is 5.91 Å². The second-order valence-corrected chi connectivity index (χ2v) is 2.55. The first-order valence-electron chi connectivity index (χ1n) is 3.81. The van der Waals surface area contributed by atoms with Crippen LogP contribution in [-0.2, 0) is 6.54 Å². The van der Waals surface area contributed by atoms with E-state index in [1.54, 1.807) is 12.1 Å². The van der Waals surface area contributed by atoms with Crippen molar-refractivity contribution in [2.45, 2.75) is 6.54 Å². The maximum atomic E-state index is 11.0. The molecule has 0 aliphatic carbocycles. The van der Waals surface area contributed by atoms with Crippen molar-refractivity contribution in [3.63, 3.8) is 0 Å². The highest BCUT2D eigenvalue weighted by atomic mass is 16.2. The molecule has 0 aromatic heterocycles. The van der Waals surface area contributed by atoms with Crippen LogP contribution in [0, 0.1) is 0 Å². The van der Waals surface area contributed by atoms with Gasteiger partial charge < -0.3 is 0 Å². The summed E-state index contributed by atoms with van der Waals surface area (Å²) in [5, 5.41) is 0. The smallest absolute Gasteiger partial charge is 0.265 e. The van der Waals surface area contributed by atoms with Gasteiger partial charge in [-0.3, -0.25) is 21.5 Å². The van der Waals surface area contributed by atoms with Gasteiger partial charge in [0, 0.05) is 12.1 Å². The number of nitrogens with two attached hydrogens (primary N) is 2. The third-order valence-corrected chi connectivity index (χ3v) is 1.65. The molecule has 0 radical (unpaired) electrons. The summed E-state index contributed by atoms with van der Waals surface area (Å²) in [6.45, 7) is 0.574. The van der Waals surface area contributed by atoms with Crippen LogP contribution in [0.2, 0.25) is 0 Å². The molecule has 1 rings (SSSR count). The number of carbonyl (C=O) groups is 1. The number of hydrogen-bond donors (Lipinski definition) is 4. The fourth-order valence-electron chi connectivity index (χ4n) is 0.975. The van der Waals surface area contributed by atoms with Crippen LogP contribution in [-0.4, -0.2) is 5.91 Å². The summed E-state index contributed by atoms with van der Waals surface area (Å²) in [5.74, 6) is 9.81. The second-order valence-electron chi connectivity index (χ2n) is 2.55. The Morgan fingerprint density at radius 2 is 1.85 bits per heavy atom. The molecular weight excluding hydrogens is 168 g/mol. The van der Waals surface area contributed by atoms with Gasteiger partial charge in [0.05, 0.1) is 0 Å². The van der Waals surface area contributed by atoms with Crippen LogP contribution >= 0.6 is 0 Å². The van der Waals surface area contributed by atoms with Gasteiger partial charge in [-0.2, -0.15) is 0 Å². The fourth-order valence-corrected chi connectivity index (χ4v) is 0.975. The molecule has 0 aliphatic rings. The molecule has 1 aromatic carbocycles. The number of hydrazine groups is 2. The fraction of sp³-hybridized carbons (Fsp3) is 0.125. The van der Waals surface area contributed by atoms with E-state index in [9.17, 15) is 4.79 Å². The van der Waals surface area contributed by atoms with Crippen molar-refractivity contribution in [3.8, 4) is 0 Å². The number of carbonyl (C=O) groups excluding carboxylic acids is 1. The van der Waals surface area contributed by atoms with Crippen molar-refractivity contribution in [2.75, 3.05) is 0 Å². The lowest BCUT2D eigenvalue weighted by Crippen LogP contribution is -2.30. The largest absolute Gasteiger partial charge is 0.290 e. The van der Waals surface area contributed by atoms with E-state index < -0.39 is 0 Å². The maximum absolute atomic E-state index is 11.0. The number of benzene rings is 1. The van der Waals surface area contributed by atoms with Crippen molar-refractivity contribution in [3.05, 3.63) is 35.4 Å². The zero-order chi connectivity index (χ0) is 9.68. The quantitative estimate of drug-likeness (QED) is 0.280. The molecule has 1 aromatic rings. The van der Waals surface area contributed by atoms with E-state index in [1.165, 1.54) is 0 Å². The predicted octanol–water partition coefficient (Wildman–Crippen LogP) is -0.747. The Hall–Kier alpha value is -1.43. The van der Waals surface area contributed by atoms with Crippen molar-refractivity contribution in [1.29, 1.82) is 0 Å². The van der Waals surface area contributed by atoms with Crippen molar-refractivity contribution >= 4 is 5.91 Å². The topological polar surface area (TPSA) is 93.2 Å². The number of nitrogen functional groups attached to an aromatic ring is 1. The molecule has 6 N–H and O–H groups in total. The molecule has 70 valence electrons. The van der Waals surface area contributed by atoms with E-state index >= 15 is 0 Å². The Bertz CT molecular complexity index is 283. The third-order valence-electron chi connectivity index (χ3n) is 1.65. The number of amides is 1. The van der Waals surface area contributed by atoms with Crippen LogP contribution in [0.15, 0.2) is 24.3 Å². The van der Waals surface area contributed by atoms with Gasteiger partial charge in [0.1, 0.15) is 0 Å². The summed E-state index contributed by atoms with van der Waals surface area (Å²) in [6.07, 6.45) is 0. The highest BCUT2D eigenvalue weighted by Crippen LogP contribution is 2.03. The maximum Gasteiger partial charge on any atom is 0.265 e. The van der Waals surface area contributed by atoms with E-state index in [1.807, 2.05) is 12.1 Å². The monoisotopic (exact) mass is 180 g/mol. The molecule has 1 amide bonds. The van der Waals surface area contributed by atoms with E-state index in [0.29, 0.717) is 12.1 Å². The lowest BCUT2D eigenvalue weighted by Gasteiger charge is -2.01. The molecule has 0 saturated carbocycles. The Labute approximate surface area is 76.0 Å². The molecule has 13 heavy (non-hydrogen) atoms. The third kappa shape index (κ3) is 2.51. The summed E-state index contributed by atoms with van der Waals surface area (Å²) in [7, 11) is 0. The van der Waals surface area contributed by atoms with Gasteiger partial charge in [-0.25, -0.2) is 5.84 Å². The first-order valence-corrected chi connectivity index (χ1v) is 3.81. The zero-order valence-corrected chi connectivity index (χ0v) is 7.08. The molecule has 5 nitrogen and oxygen atoms in total. The number of nitrogens with one attached hydrogen (secondary N) is 2. The van der Waals surface area contributed by atoms with Crippen molar-refractivity contribution in [2.24, 2.45) is 11.7 Å². The van der Waals surface area contributed by atoms with Gasteiger partial charge in [-0.05, 0) is 17.7 Å². The highest BCUT2D eigenvalue weighted by Gasteiger charge is 2.01. The molecule has 5 heteroatoms. The number of hydrogen-bond acceptors (Lipinski definition) is 4. The molecule has 0 bridgehead atoms. The summed E-state index contributed by atoms with van der Waals surface area (Å²) >= 11 is 0. The normalized spacial score (nSPS) is 9.69. The average Bonchev–Trinajstić information content (AvgIpc) is 2.18. The van der Waals surface area contributed by atoms with E-state index in [2.05, 4.69) is 10.9 Å². The molecule has 0 unspecified atom stereocenters. The van der Waals surface area contributed by atoms with Crippen LogP contribution in [0.25, 0.3) is 0 Å². The summed E-state index contributed by atoms with van der Waals surface area (Å²) in [6, 6.07) is 7.00. The minimum Gasteiger partial charge on any atom is -0.290 e. The first-order chi connectivity index (χ1) is 6.27. The van der Waals surface area contributed by atoms with Crippen molar-refractivity contribution < 1.29 is 4.79 Å². The van der Waals surface area contributed by atoms with Crippen LogP contribution in [0.1, 0.15) is 15.9 Å². The SMILES string of the molecule is NNCc1ccc(C(=O)NN)cc1. The van der Waals surface area contributed by atoms with Gasteiger partial charge >= 0.3 is 0 Å². The Balaban J connectivity index is 2.75. The molecule has 0 spiro atoms. The Morgan fingerprint density at radius 1 is 1.23 bits per heavy atom. The van der Waals surface area contributed by atoms with Crippen LogP contribution in [0.3, 0.4) is 0 Å². The Kier molecular flexibility index (Phi) is 3.39. The van der Waals surface area contributed by atoms with Gasteiger partial charge in [-0.15, -0.1) is 0 Å². The predicted molar refractivity (Wildman–Crippen MR) is 49.1 cm³/mol. The molecule has 0 atom stereocenters. The first kappa shape index (κ1) is 9.66.